The molecule has 2 rings (SSSR count). The maximum absolute atomic E-state index is 11.5. The number of hydrogen-bond acceptors (Lipinski definition) is 5. The van der Waals surface area contributed by atoms with E-state index in [2.05, 4.69) is 0 Å². The number of benzene rings is 1. The second kappa shape index (κ2) is 4.47. The van der Waals surface area contributed by atoms with Crippen LogP contribution in [0.1, 0.15) is 26.3 Å². The standard InChI is InChI=1S/C13H18O5S/c1-5-16-13(18-19(4,14)15)12(2,3)10-8-6-7-9-11(10)17-13/h6-9H,5H2,1-4H3. The Kier molecular flexibility index (Phi) is 3.36. The van der Waals surface area contributed by atoms with Gasteiger partial charge in [-0.1, -0.05) is 18.2 Å². The first-order valence-corrected chi connectivity index (χ1v) is 7.86. The molecule has 0 saturated heterocycles. The molecule has 0 aromatic heterocycles. The van der Waals surface area contributed by atoms with E-state index in [0.717, 1.165) is 11.8 Å². The Labute approximate surface area is 113 Å². The lowest BCUT2D eigenvalue weighted by Crippen LogP contribution is -2.53. The molecule has 1 aromatic rings. The van der Waals surface area contributed by atoms with E-state index in [4.69, 9.17) is 13.7 Å². The lowest BCUT2D eigenvalue weighted by atomic mass is 9.83. The SMILES string of the molecule is CCOC1(OS(C)(=O)=O)Oc2ccccc2C1(C)C. The van der Waals surface area contributed by atoms with Gasteiger partial charge in [0.25, 0.3) is 10.1 Å². The number of para-hydroxylation sites is 1. The Morgan fingerprint density at radius 1 is 1.26 bits per heavy atom. The highest BCUT2D eigenvalue weighted by Crippen LogP contribution is 2.50. The first-order chi connectivity index (χ1) is 8.72. The van der Waals surface area contributed by atoms with Crippen LogP contribution < -0.4 is 4.74 Å². The van der Waals surface area contributed by atoms with Crippen molar-refractivity contribution >= 4 is 10.1 Å². The zero-order valence-electron chi connectivity index (χ0n) is 11.5. The van der Waals surface area contributed by atoms with E-state index in [1.54, 1.807) is 13.0 Å². The van der Waals surface area contributed by atoms with Gasteiger partial charge in [0.2, 0.25) is 0 Å². The van der Waals surface area contributed by atoms with Gasteiger partial charge in [0.1, 0.15) is 5.75 Å². The van der Waals surface area contributed by atoms with Gasteiger partial charge in [0.05, 0.1) is 18.3 Å². The van der Waals surface area contributed by atoms with Crippen molar-refractivity contribution in [2.24, 2.45) is 0 Å². The van der Waals surface area contributed by atoms with Crippen molar-refractivity contribution in [1.82, 2.24) is 0 Å². The highest BCUT2D eigenvalue weighted by Gasteiger charge is 2.59. The molecule has 0 radical (unpaired) electrons. The first kappa shape index (κ1) is 14.3. The average Bonchev–Trinajstić information content (AvgIpc) is 2.46. The van der Waals surface area contributed by atoms with Crippen LogP contribution in [0, 0.1) is 0 Å². The predicted octanol–water partition coefficient (Wildman–Crippen LogP) is 2.02. The molecule has 1 aliphatic heterocycles. The molecular formula is C13H18O5S. The minimum absolute atomic E-state index is 0.271. The van der Waals surface area contributed by atoms with E-state index in [1.807, 2.05) is 32.0 Å². The summed E-state index contributed by atoms with van der Waals surface area (Å²) in [6, 6.07) is 7.33. The molecule has 0 spiro atoms. The molecule has 1 atom stereocenters. The fourth-order valence-electron chi connectivity index (χ4n) is 2.25. The summed E-state index contributed by atoms with van der Waals surface area (Å²) < 4.78 is 39.4. The maximum atomic E-state index is 11.5. The van der Waals surface area contributed by atoms with E-state index in [9.17, 15) is 8.42 Å². The van der Waals surface area contributed by atoms with Crippen LogP contribution in [-0.2, 0) is 24.5 Å². The monoisotopic (exact) mass is 286 g/mol. The first-order valence-electron chi connectivity index (χ1n) is 6.05. The van der Waals surface area contributed by atoms with Crippen LogP contribution in [0.25, 0.3) is 0 Å². The summed E-state index contributed by atoms with van der Waals surface area (Å²) in [4.78, 5) is 0. The summed E-state index contributed by atoms with van der Waals surface area (Å²) in [6.45, 7) is 5.70. The molecule has 1 heterocycles. The van der Waals surface area contributed by atoms with Gasteiger partial charge >= 0.3 is 5.97 Å². The van der Waals surface area contributed by atoms with Crippen molar-refractivity contribution in [2.45, 2.75) is 32.2 Å². The summed E-state index contributed by atoms with van der Waals surface area (Å²) >= 11 is 0. The maximum Gasteiger partial charge on any atom is 0.351 e. The smallest absolute Gasteiger partial charge is 0.351 e. The third-order valence-corrected chi connectivity index (χ3v) is 3.69. The highest BCUT2D eigenvalue weighted by atomic mass is 32.2. The minimum Gasteiger partial charge on any atom is -0.437 e. The Hall–Kier alpha value is -1.11. The quantitative estimate of drug-likeness (QED) is 0.626. The van der Waals surface area contributed by atoms with Crippen LogP contribution in [0.4, 0.5) is 0 Å². The van der Waals surface area contributed by atoms with Crippen molar-refractivity contribution in [1.29, 1.82) is 0 Å². The van der Waals surface area contributed by atoms with Gasteiger partial charge in [-0.2, -0.15) is 12.6 Å². The number of rotatable bonds is 4. The molecular weight excluding hydrogens is 268 g/mol. The molecule has 0 bridgehead atoms. The summed E-state index contributed by atoms with van der Waals surface area (Å²) in [5.74, 6) is -1.08. The van der Waals surface area contributed by atoms with E-state index in [0.29, 0.717) is 5.75 Å². The Bertz CT molecular complexity index is 578. The van der Waals surface area contributed by atoms with Crippen molar-refractivity contribution in [3.05, 3.63) is 29.8 Å². The van der Waals surface area contributed by atoms with Gasteiger partial charge in [0, 0.05) is 5.56 Å². The van der Waals surface area contributed by atoms with Crippen LogP contribution in [0.2, 0.25) is 0 Å². The molecule has 0 aliphatic carbocycles. The highest BCUT2D eigenvalue weighted by molar-refractivity contribution is 7.86. The molecule has 19 heavy (non-hydrogen) atoms. The van der Waals surface area contributed by atoms with Crippen LogP contribution in [0.5, 0.6) is 5.75 Å². The van der Waals surface area contributed by atoms with Crippen LogP contribution in [0.15, 0.2) is 24.3 Å². The van der Waals surface area contributed by atoms with Crippen molar-refractivity contribution in [3.8, 4) is 5.75 Å². The van der Waals surface area contributed by atoms with Gasteiger partial charge in [-0.3, -0.25) is 0 Å². The predicted molar refractivity (Wildman–Crippen MR) is 70.4 cm³/mol. The summed E-state index contributed by atoms with van der Waals surface area (Å²) in [7, 11) is -3.73. The molecule has 1 aliphatic rings. The lowest BCUT2D eigenvalue weighted by Gasteiger charge is -2.36. The second-order valence-electron chi connectivity index (χ2n) is 5.00. The van der Waals surface area contributed by atoms with Gasteiger partial charge in [-0.05, 0) is 26.8 Å². The molecule has 0 amide bonds. The Morgan fingerprint density at radius 3 is 2.42 bits per heavy atom. The van der Waals surface area contributed by atoms with Gasteiger partial charge in [-0.15, -0.1) is 0 Å². The third-order valence-electron chi connectivity index (χ3n) is 3.17. The summed E-state index contributed by atoms with van der Waals surface area (Å²) in [5.41, 5.74) is 0.106. The molecule has 0 fully saturated rings. The lowest BCUT2D eigenvalue weighted by molar-refractivity contribution is -0.318. The largest absolute Gasteiger partial charge is 0.437 e. The number of ether oxygens (including phenoxy) is 2. The van der Waals surface area contributed by atoms with Gasteiger partial charge < -0.3 is 9.47 Å². The van der Waals surface area contributed by atoms with Crippen molar-refractivity contribution < 1.29 is 22.1 Å². The van der Waals surface area contributed by atoms with E-state index in [1.165, 1.54) is 0 Å². The molecule has 0 N–H and O–H groups in total. The fourth-order valence-corrected chi connectivity index (χ4v) is 2.94. The van der Waals surface area contributed by atoms with Gasteiger partial charge in [-0.25, -0.2) is 0 Å². The molecule has 1 aromatic carbocycles. The summed E-state index contributed by atoms with van der Waals surface area (Å²) in [6.07, 6.45) is 0.982. The van der Waals surface area contributed by atoms with Crippen molar-refractivity contribution in [3.63, 3.8) is 0 Å². The van der Waals surface area contributed by atoms with E-state index >= 15 is 0 Å². The molecule has 106 valence electrons. The average molecular weight is 286 g/mol. The topological polar surface area (TPSA) is 61.8 Å². The second-order valence-corrected chi connectivity index (χ2v) is 6.57. The third kappa shape index (κ3) is 2.35. The minimum atomic E-state index is -3.73. The molecule has 1 unspecified atom stereocenters. The van der Waals surface area contributed by atoms with E-state index in [-0.39, 0.29) is 6.61 Å². The Balaban J connectivity index is 2.53. The molecule has 0 saturated carbocycles. The zero-order valence-corrected chi connectivity index (χ0v) is 12.3. The molecule has 5 nitrogen and oxygen atoms in total. The fraction of sp³-hybridized carbons (Fsp3) is 0.538. The van der Waals surface area contributed by atoms with Crippen LogP contribution >= 0.6 is 0 Å². The number of fused-ring (bicyclic) bond motifs is 1. The summed E-state index contributed by atoms with van der Waals surface area (Å²) in [5, 5.41) is 0. The normalized spacial score (nSPS) is 24.8. The Morgan fingerprint density at radius 2 is 1.89 bits per heavy atom. The number of hydrogen-bond donors (Lipinski definition) is 0. The van der Waals surface area contributed by atoms with Crippen LogP contribution in [-0.4, -0.2) is 27.3 Å². The van der Waals surface area contributed by atoms with Gasteiger partial charge in [0.15, 0.2) is 0 Å². The van der Waals surface area contributed by atoms with E-state index < -0.39 is 21.5 Å². The zero-order chi connectivity index (χ0) is 14.3. The van der Waals surface area contributed by atoms with Crippen molar-refractivity contribution in [2.75, 3.05) is 12.9 Å². The van der Waals surface area contributed by atoms with Crippen LogP contribution in [0.3, 0.4) is 0 Å². The molecule has 6 heteroatoms.